The number of fused-ring (bicyclic) bond motifs is 1. The molecule has 1 atom stereocenters. The third kappa shape index (κ3) is 3.33. The van der Waals surface area contributed by atoms with Gasteiger partial charge in [-0.1, -0.05) is 47.9 Å². The van der Waals surface area contributed by atoms with Crippen molar-refractivity contribution in [2.75, 3.05) is 11.4 Å². The molecule has 1 aromatic carbocycles. The summed E-state index contributed by atoms with van der Waals surface area (Å²) >= 11 is 7.33. The lowest BCUT2D eigenvalue weighted by molar-refractivity contribution is -0.118. The summed E-state index contributed by atoms with van der Waals surface area (Å²) in [5.74, 6) is -0.338. The molecule has 2 N–H and O–H groups in total. The highest BCUT2D eigenvalue weighted by Gasteiger charge is 2.37. The maximum absolute atomic E-state index is 12.0. The molecule has 128 valence electrons. The van der Waals surface area contributed by atoms with Gasteiger partial charge in [0.15, 0.2) is 0 Å². The summed E-state index contributed by atoms with van der Waals surface area (Å²) in [7, 11) is -4.46. The number of nitrogens with one attached hydrogen (secondary N) is 1. The highest BCUT2D eigenvalue weighted by molar-refractivity contribution is 8.24. The van der Waals surface area contributed by atoms with E-state index in [1.807, 2.05) is 36.1 Å². The van der Waals surface area contributed by atoms with E-state index in [2.05, 4.69) is 5.32 Å². The van der Waals surface area contributed by atoms with E-state index in [4.69, 9.17) is 12.2 Å². The Morgan fingerprint density at radius 1 is 1.42 bits per heavy atom. The average Bonchev–Trinajstić information content (AvgIpc) is 3.02. The number of thioether (sulfide) groups is 2. The van der Waals surface area contributed by atoms with Gasteiger partial charge in [-0.15, -0.1) is 0 Å². The lowest BCUT2D eigenvalue weighted by Gasteiger charge is -2.21. The number of nitrogens with zero attached hydrogens (tertiary/aromatic N) is 1. The molecule has 1 amide bonds. The molecular weight excluding hydrogens is 388 g/mol. The standard InChI is InChI=1S/C14H14N2O4S4/c1-2-16-8-5-3-4-6-9(8)22-13(16)11(24(18,19)20)7-10-12(17)15-14(21)23-10/h3-6,10H,2,7H2,1H3,(H,15,17,21)(H,18,19,20). The van der Waals surface area contributed by atoms with Crippen molar-refractivity contribution in [2.45, 2.75) is 23.5 Å². The van der Waals surface area contributed by atoms with E-state index >= 15 is 0 Å². The minimum absolute atomic E-state index is 0.109. The van der Waals surface area contributed by atoms with Gasteiger partial charge in [0.05, 0.1) is 16.0 Å². The first-order chi connectivity index (χ1) is 11.3. The van der Waals surface area contributed by atoms with Crippen molar-refractivity contribution in [1.82, 2.24) is 5.32 Å². The van der Waals surface area contributed by atoms with Gasteiger partial charge >= 0.3 is 0 Å². The normalized spacial score (nSPS) is 22.6. The van der Waals surface area contributed by atoms with Crippen LogP contribution in [0.4, 0.5) is 5.69 Å². The van der Waals surface area contributed by atoms with Gasteiger partial charge in [-0.05, 0) is 19.1 Å². The fourth-order valence-corrected chi connectivity index (χ4v) is 6.27. The number of carbonyl (C=O) groups excluding carboxylic acids is 1. The molecule has 10 heteroatoms. The molecule has 3 rings (SSSR count). The third-order valence-electron chi connectivity index (χ3n) is 3.61. The minimum Gasteiger partial charge on any atom is -0.334 e. The zero-order chi connectivity index (χ0) is 17.5. The van der Waals surface area contributed by atoms with E-state index in [1.165, 1.54) is 11.8 Å². The van der Waals surface area contributed by atoms with Crippen molar-refractivity contribution in [3.05, 3.63) is 34.2 Å². The zero-order valence-electron chi connectivity index (χ0n) is 12.6. The Morgan fingerprint density at radius 2 is 2.12 bits per heavy atom. The van der Waals surface area contributed by atoms with Crippen LogP contribution in [0.15, 0.2) is 39.1 Å². The van der Waals surface area contributed by atoms with Crippen LogP contribution in [-0.4, -0.2) is 35.0 Å². The van der Waals surface area contributed by atoms with E-state index in [9.17, 15) is 17.8 Å². The third-order valence-corrected chi connectivity index (χ3v) is 7.32. The van der Waals surface area contributed by atoms with Gasteiger partial charge in [0.1, 0.15) is 9.23 Å². The van der Waals surface area contributed by atoms with Crippen molar-refractivity contribution in [3.63, 3.8) is 0 Å². The van der Waals surface area contributed by atoms with E-state index < -0.39 is 15.4 Å². The van der Waals surface area contributed by atoms with E-state index in [0.29, 0.717) is 15.9 Å². The smallest absolute Gasteiger partial charge is 0.293 e. The van der Waals surface area contributed by atoms with E-state index in [0.717, 1.165) is 22.3 Å². The largest absolute Gasteiger partial charge is 0.334 e. The van der Waals surface area contributed by atoms with Gasteiger partial charge in [-0.3, -0.25) is 9.35 Å². The molecule has 0 bridgehead atoms. The summed E-state index contributed by atoms with van der Waals surface area (Å²) < 4.78 is 34.0. The molecule has 2 heterocycles. The van der Waals surface area contributed by atoms with Crippen LogP contribution in [0.25, 0.3) is 0 Å². The highest BCUT2D eigenvalue weighted by atomic mass is 32.2. The zero-order valence-corrected chi connectivity index (χ0v) is 15.8. The van der Waals surface area contributed by atoms with Crippen molar-refractivity contribution in [2.24, 2.45) is 0 Å². The molecule has 6 nitrogen and oxygen atoms in total. The summed E-state index contributed by atoms with van der Waals surface area (Å²) in [4.78, 5) is 14.5. The number of amides is 1. The first-order valence-electron chi connectivity index (χ1n) is 7.07. The van der Waals surface area contributed by atoms with Crippen LogP contribution in [0.3, 0.4) is 0 Å². The predicted molar refractivity (Wildman–Crippen MR) is 101 cm³/mol. The second-order valence-electron chi connectivity index (χ2n) is 5.10. The molecule has 1 aromatic rings. The SMILES string of the molecule is CCN1C(=C(CC2SC(=S)NC2=O)S(=O)(=O)O)Sc2ccccc21. The molecule has 2 aliphatic heterocycles. The number of anilines is 1. The lowest BCUT2D eigenvalue weighted by Crippen LogP contribution is -2.27. The van der Waals surface area contributed by atoms with Crippen LogP contribution in [0.2, 0.25) is 0 Å². The fourth-order valence-electron chi connectivity index (χ4n) is 2.56. The first kappa shape index (κ1) is 17.7. The summed E-state index contributed by atoms with van der Waals surface area (Å²) in [6.07, 6.45) is -0.109. The molecule has 0 radical (unpaired) electrons. The van der Waals surface area contributed by atoms with Crippen molar-refractivity contribution in [3.8, 4) is 0 Å². The van der Waals surface area contributed by atoms with Crippen LogP contribution in [0, 0.1) is 0 Å². The summed E-state index contributed by atoms with van der Waals surface area (Å²) in [5, 5.41) is 2.27. The van der Waals surface area contributed by atoms with Gasteiger partial charge in [0, 0.05) is 17.9 Å². The highest BCUT2D eigenvalue weighted by Crippen LogP contribution is 2.48. The monoisotopic (exact) mass is 402 g/mol. The number of hydrogen-bond acceptors (Lipinski definition) is 7. The molecule has 1 saturated heterocycles. The Balaban J connectivity index is 2.05. The Bertz CT molecular complexity index is 850. The number of rotatable bonds is 4. The Labute approximate surface area is 153 Å². The average molecular weight is 403 g/mol. The molecule has 0 aliphatic carbocycles. The van der Waals surface area contributed by atoms with Crippen LogP contribution in [0.5, 0.6) is 0 Å². The second-order valence-corrected chi connectivity index (χ2v) is 9.46. The van der Waals surface area contributed by atoms with Crippen molar-refractivity contribution < 1.29 is 17.8 Å². The van der Waals surface area contributed by atoms with Crippen LogP contribution in [0.1, 0.15) is 13.3 Å². The van der Waals surface area contributed by atoms with Gasteiger partial charge in [-0.2, -0.15) is 8.42 Å². The topological polar surface area (TPSA) is 86.7 Å². The predicted octanol–water partition coefficient (Wildman–Crippen LogP) is 2.58. The van der Waals surface area contributed by atoms with Crippen molar-refractivity contribution >= 4 is 61.8 Å². The van der Waals surface area contributed by atoms with Crippen LogP contribution < -0.4 is 10.2 Å². The quantitative estimate of drug-likeness (QED) is 0.587. The molecular formula is C14H14N2O4S4. The molecule has 0 spiro atoms. The van der Waals surface area contributed by atoms with E-state index in [-0.39, 0.29) is 17.2 Å². The number of carbonyl (C=O) groups is 1. The summed E-state index contributed by atoms with van der Waals surface area (Å²) in [6.45, 7) is 2.44. The maximum atomic E-state index is 12.0. The molecule has 0 aromatic heterocycles. The molecule has 24 heavy (non-hydrogen) atoms. The first-order valence-corrected chi connectivity index (χ1v) is 10.6. The number of hydrogen-bond donors (Lipinski definition) is 2. The molecule has 1 fully saturated rings. The number of para-hydroxylation sites is 1. The van der Waals surface area contributed by atoms with Crippen LogP contribution >= 0.6 is 35.7 Å². The molecule has 0 saturated carbocycles. The second kappa shape index (κ2) is 6.68. The maximum Gasteiger partial charge on any atom is 0.293 e. The number of benzene rings is 1. The van der Waals surface area contributed by atoms with Gasteiger partial charge < -0.3 is 10.2 Å². The van der Waals surface area contributed by atoms with Gasteiger partial charge in [0.25, 0.3) is 10.1 Å². The van der Waals surface area contributed by atoms with Crippen molar-refractivity contribution in [1.29, 1.82) is 0 Å². The summed E-state index contributed by atoms with van der Waals surface area (Å²) in [6, 6.07) is 7.53. The Morgan fingerprint density at radius 3 is 2.71 bits per heavy atom. The number of thiocarbonyl (C=S) groups is 1. The van der Waals surface area contributed by atoms with Crippen LogP contribution in [-0.2, 0) is 14.9 Å². The fraction of sp³-hybridized carbons (Fsp3) is 0.286. The van der Waals surface area contributed by atoms with Gasteiger partial charge in [0.2, 0.25) is 5.91 Å². The lowest BCUT2D eigenvalue weighted by atomic mass is 10.2. The molecule has 2 aliphatic rings. The Kier molecular flexibility index (Phi) is 4.94. The van der Waals surface area contributed by atoms with Gasteiger partial charge in [-0.25, -0.2) is 0 Å². The minimum atomic E-state index is -4.46. The van der Waals surface area contributed by atoms with E-state index in [1.54, 1.807) is 0 Å². The Hall–Kier alpha value is -1.07. The number of allylic oxidation sites excluding steroid dienone is 1. The summed E-state index contributed by atoms with van der Waals surface area (Å²) in [5.41, 5.74) is 0.889. The molecule has 1 unspecified atom stereocenters.